The lowest BCUT2D eigenvalue weighted by molar-refractivity contribution is 0.199. The molecule has 0 radical (unpaired) electrons. The van der Waals surface area contributed by atoms with Gasteiger partial charge in [0.25, 0.3) is 0 Å². The number of hydrogen-bond acceptors (Lipinski definition) is 4. The van der Waals surface area contributed by atoms with Gasteiger partial charge in [0.2, 0.25) is 0 Å². The van der Waals surface area contributed by atoms with E-state index in [-0.39, 0.29) is 0 Å². The molecule has 1 N–H and O–H groups in total. The largest absolute Gasteiger partial charge is 0.383 e. The molecule has 1 fully saturated rings. The summed E-state index contributed by atoms with van der Waals surface area (Å²) in [6.07, 6.45) is 0.958. The van der Waals surface area contributed by atoms with Crippen LogP contribution < -0.4 is 5.43 Å². The zero-order valence-electron chi connectivity index (χ0n) is 6.80. The molecule has 0 aromatic rings. The maximum Gasteiger partial charge on any atom is 0.0867 e. The minimum absolute atomic E-state index is 0.681. The van der Waals surface area contributed by atoms with E-state index in [1.165, 1.54) is 0 Å². The molecule has 11 heavy (non-hydrogen) atoms. The third-order valence-electron chi connectivity index (χ3n) is 1.46. The van der Waals surface area contributed by atoms with E-state index in [0.29, 0.717) is 13.2 Å². The van der Waals surface area contributed by atoms with Crippen LogP contribution in [0.4, 0.5) is 0 Å². The van der Waals surface area contributed by atoms with Gasteiger partial charge in [0.05, 0.1) is 32.1 Å². The van der Waals surface area contributed by atoms with Crippen LogP contribution in [-0.4, -0.2) is 39.2 Å². The summed E-state index contributed by atoms with van der Waals surface area (Å²) in [4.78, 5) is 0. The first-order valence-electron chi connectivity index (χ1n) is 3.78. The van der Waals surface area contributed by atoms with Crippen molar-refractivity contribution in [3.05, 3.63) is 0 Å². The van der Waals surface area contributed by atoms with E-state index in [1.807, 2.05) is 0 Å². The van der Waals surface area contributed by atoms with Crippen molar-refractivity contribution in [2.24, 2.45) is 5.10 Å². The minimum Gasteiger partial charge on any atom is -0.383 e. The molecule has 0 amide bonds. The molecular formula is C7H14N2O2. The number of ether oxygens (including phenoxy) is 2. The topological polar surface area (TPSA) is 42.8 Å². The molecule has 0 saturated carbocycles. The van der Waals surface area contributed by atoms with E-state index in [2.05, 4.69) is 10.5 Å². The van der Waals surface area contributed by atoms with Gasteiger partial charge in [-0.05, 0) is 0 Å². The third kappa shape index (κ3) is 3.34. The summed E-state index contributed by atoms with van der Waals surface area (Å²) < 4.78 is 9.96. The fraction of sp³-hybridized carbons (Fsp3) is 0.857. The highest BCUT2D eigenvalue weighted by Gasteiger charge is 2.07. The summed E-state index contributed by atoms with van der Waals surface area (Å²) in [6, 6.07) is 0. The van der Waals surface area contributed by atoms with Crippen LogP contribution in [0.15, 0.2) is 5.10 Å². The smallest absolute Gasteiger partial charge is 0.0867 e. The highest BCUT2D eigenvalue weighted by Crippen LogP contribution is 1.97. The Morgan fingerprint density at radius 3 is 3.27 bits per heavy atom. The average molecular weight is 158 g/mol. The van der Waals surface area contributed by atoms with Gasteiger partial charge in [-0.2, -0.15) is 5.10 Å². The molecular weight excluding hydrogens is 144 g/mol. The Balaban J connectivity index is 2.03. The lowest BCUT2D eigenvalue weighted by Crippen LogP contribution is -2.15. The Kier molecular flexibility index (Phi) is 3.93. The van der Waals surface area contributed by atoms with Crippen molar-refractivity contribution in [1.82, 2.24) is 5.43 Å². The van der Waals surface area contributed by atoms with E-state index in [4.69, 9.17) is 9.47 Å². The van der Waals surface area contributed by atoms with Crippen LogP contribution in [0.3, 0.4) is 0 Å². The zero-order valence-corrected chi connectivity index (χ0v) is 6.80. The van der Waals surface area contributed by atoms with Gasteiger partial charge < -0.3 is 14.9 Å². The number of nitrogens with zero attached hydrogens (tertiary/aromatic N) is 1. The maximum atomic E-state index is 5.11. The lowest BCUT2D eigenvalue weighted by atomic mass is 10.3. The molecule has 0 spiro atoms. The van der Waals surface area contributed by atoms with Gasteiger partial charge in [-0.1, -0.05) is 0 Å². The third-order valence-corrected chi connectivity index (χ3v) is 1.46. The van der Waals surface area contributed by atoms with Crippen LogP contribution >= 0.6 is 0 Å². The van der Waals surface area contributed by atoms with Crippen LogP contribution in [0.1, 0.15) is 6.42 Å². The van der Waals surface area contributed by atoms with Gasteiger partial charge in [0.15, 0.2) is 0 Å². The quantitative estimate of drug-likeness (QED) is 0.462. The molecule has 4 heteroatoms. The van der Waals surface area contributed by atoms with Gasteiger partial charge in [0, 0.05) is 13.5 Å². The molecule has 64 valence electrons. The van der Waals surface area contributed by atoms with Crippen molar-refractivity contribution in [3.8, 4) is 0 Å². The van der Waals surface area contributed by atoms with E-state index in [0.717, 1.165) is 25.3 Å². The molecule has 1 rings (SSSR count). The van der Waals surface area contributed by atoms with Crippen LogP contribution in [-0.2, 0) is 9.47 Å². The van der Waals surface area contributed by atoms with Crippen molar-refractivity contribution in [1.29, 1.82) is 0 Å². The number of hydrazone groups is 1. The van der Waals surface area contributed by atoms with Crippen LogP contribution in [0, 0.1) is 0 Å². The predicted molar refractivity (Wildman–Crippen MR) is 42.7 cm³/mol. The van der Waals surface area contributed by atoms with Gasteiger partial charge in [-0.15, -0.1) is 0 Å². The van der Waals surface area contributed by atoms with Crippen LogP contribution in [0.5, 0.6) is 0 Å². The van der Waals surface area contributed by atoms with Crippen molar-refractivity contribution in [2.45, 2.75) is 6.42 Å². The van der Waals surface area contributed by atoms with Gasteiger partial charge >= 0.3 is 0 Å². The molecule has 0 aromatic carbocycles. The standard InChI is InChI=1S/C7H14N2O2/c1-10-5-3-8-9-7-2-4-11-6-7/h8H,2-6H2,1H3/b9-7+. The summed E-state index contributed by atoms with van der Waals surface area (Å²) in [5.41, 5.74) is 4.01. The molecule has 1 saturated heterocycles. The van der Waals surface area contributed by atoms with Gasteiger partial charge in [0.1, 0.15) is 0 Å². The number of methoxy groups -OCH3 is 1. The number of hydrogen-bond donors (Lipinski definition) is 1. The summed E-state index contributed by atoms with van der Waals surface area (Å²) in [5.74, 6) is 0. The van der Waals surface area contributed by atoms with E-state index in [1.54, 1.807) is 7.11 Å². The van der Waals surface area contributed by atoms with Crippen LogP contribution in [0.25, 0.3) is 0 Å². The van der Waals surface area contributed by atoms with E-state index in [9.17, 15) is 0 Å². The van der Waals surface area contributed by atoms with Crippen molar-refractivity contribution >= 4 is 5.71 Å². The minimum atomic E-state index is 0.681. The first-order chi connectivity index (χ1) is 5.43. The molecule has 0 aromatic heterocycles. The second-order valence-electron chi connectivity index (χ2n) is 2.38. The highest BCUT2D eigenvalue weighted by atomic mass is 16.5. The second-order valence-corrected chi connectivity index (χ2v) is 2.38. The Bertz CT molecular complexity index is 128. The summed E-state index contributed by atoms with van der Waals surface area (Å²) in [5, 5.41) is 4.12. The number of rotatable bonds is 4. The monoisotopic (exact) mass is 158 g/mol. The molecule has 0 aliphatic carbocycles. The lowest BCUT2D eigenvalue weighted by Gasteiger charge is -1.98. The fourth-order valence-corrected chi connectivity index (χ4v) is 0.856. The Labute approximate surface area is 66.6 Å². The zero-order chi connectivity index (χ0) is 7.94. The Hall–Kier alpha value is -0.610. The second kappa shape index (κ2) is 5.09. The van der Waals surface area contributed by atoms with Gasteiger partial charge in [-0.25, -0.2) is 0 Å². The molecule has 0 bridgehead atoms. The fourth-order valence-electron chi connectivity index (χ4n) is 0.856. The Morgan fingerprint density at radius 2 is 2.64 bits per heavy atom. The first kappa shape index (κ1) is 8.49. The number of nitrogens with one attached hydrogen (secondary N) is 1. The molecule has 0 unspecified atom stereocenters. The van der Waals surface area contributed by atoms with Crippen molar-refractivity contribution < 1.29 is 9.47 Å². The van der Waals surface area contributed by atoms with Crippen LogP contribution in [0.2, 0.25) is 0 Å². The van der Waals surface area contributed by atoms with Crippen molar-refractivity contribution in [2.75, 3.05) is 33.5 Å². The normalized spacial score (nSPS) is 21.0. The molecule has 1 aliphatic heterocycles. The van der Waals surface area contributed by atoms with E-state index >= 15 is 0 Å². The summed E-state index contributed by atoms with van der Waals surface area (Å²) in [6.45, 7) is 2.95. The van der Waals surface area contributed by atoms with Gasteiger partial charge in [-0.3, -0.25) is 0 Å². The maximum absolute atomic E-state index is 5.11. The SMILES string of the molecule is COCCN/N=C1\CCOC1. The Morgan fingerprint density at radius 1 is 1.73 bits per heavy atom. The first-order valence-corrected chi connectivity index (χ1v) is 3.78. The summed E-state index contributed by atoms with van der Waals surface area (Å²) >= 11 is 0. The average Bonchev–Trinajstić information content (AvgIpc) is 2.50. The molecule has 1 heterocycles. The highest BCUT2D eigenvalue weighted by molar-refractivity contribution is 5.86. The predicted octanol–water partition coefficient (Wildman–Crippen LogP) is -0.00130. The molecule has 0 atom stereocenters. The van der Waals surface area contributed by atoms with Crippen molar-refractivity contribution in [3.63, 3.8) is 0 Å². The summed E-state index contributed by atoms with van der Waals surface area (Å²) in [7, 11) is 1.67. The van der Waals surface area contributed by atoms with E-state index < -0.39 is 0 Å². The molecule has 4 nitrogen and oxygen atoms in total. The molecule has 1 aliphatic rings.